The highest BCUT2D eigenvalue weighted by Gasteiger charge is 2.08. The van der Waals surface area contributed by atoms with Gasteiger partial charge in [-0.2, -0.15) is 5.10 Å². The average molecular weight is 269 g/mol. The summed E-state index contributed by atoms with van der Waals surface area (Å²) in [6.45, 7) is 2.10. The second kappa shape index (κ2) is 5.12. The monoisotopic (exact) mass is 269 g/mol. The van der Waals surface area contributed by atoms with Gasteiger partial charge >= 0.3 is 0 Å². The molecule has 0 aliphatic heterocycles. The summed E-state index contributed by atoms with van der Waals surface area (Å²) < 4.78 is 3.41. The molecule has 0 spiro atoms. The molecule has 20 heavy (non-hydrogen) atoms. The molecule has 0 fully saturated rings. The molecular formula is C13H15N7. The van der Waals surface area contributed by atoms with Crippen molar-refractivity contribution in [3.8, 4) is 5.69 Å². The zero-order valence-corrected chi connectivity index (χ0v) is 11.3. The first-order chi connectivity index (χ1) is 9.72. The molecule has 2 aromatic heterocycles. The summed E-state index contributed by atoms with van der Waals surface area (Å²) in [6, 6.07) is 8.26. The largest absolute Gasteiger partial charge is 0.376 e. The van der Waals surface area contributed by atoms with E-state index in [1.165, 1.54) is 0 Å². The number of benzene rings is 1. The molecule has 7 heteroatoms. The predicted octanol–water partition coefficient (Wildman–Crippen LogP) is 1.57. The second-order valence-corrected chi connectivity index (χ2v) is 4.62. The number of tetrazole rings is 1. The lowest BCUT2D eigenvalue weighted by Crippen LogP contribution is -2.07. The molecule has 0 bridgehead atoms. The van der Waals surface area contributed by atoms with E-state index in [0.717, 1.165) is 16.9 Å². The smallest absolute Gasteiger partial charge is 0.143 e. The van der Waals surface area contributed by atoms with E-state index in [2.05, 4.69) is 45.0 Å². The van der Waals surface area contributed by atoms with E-state index in [9.17, 15) is 0 Å². The van der Waals surface area contributed by atoms with Crippen molar-refractivity contribution < 1.29 is 0 Å². The summed E-state index contributed by atoms with van der Waals surface area (Å²) >= 11 is 0. The van der Waals surface area contributed by atoms with Crippen LogP contribution in [-0.4, -0.2) is 30.0 Å². The van der Waals surface area contributed by atoms with Crippen LogP contribution in [0.3, 0.4) is 0 Å². The molecule has 0 saturated carbocycles. The van der Waals surface area contributed by atoms with E-state index in [-0.39, 0.29) is 6.04 Å². The molecule has 0 aliphatic rings. The number of hydrogen-bond acceptors (Lipinski definition) is 5. The lowest BCUT2D eigenvalue weighted by Gasteiger charge is -2.15. The van der Waals surface area contributed by atoms with Crippen LogP contribution in [0.1, 0.15) is 18.5 Å². The van der Waals surface area contributed by atoms with E-state index in [1.54, 1.807) is 15.7 Å². The highest BCUT2D eigenvalue weighted by atomic mass is 15.5. The summed E-state index contributed by atoms with van der Waals surface area (Å²) in [5, 5.41) is 18.7. The van der Waals surface area contributed by atoms with Crippen LogP contribution in [-0.2, 0) is 7.05 Å². The highest BCUT2D eigenvalue weighted by molar-refractivity contribution is 5.43. The van der Waals surface area contributed by atoms with Crippen molar-refractivity contribution in [3.05, 3.63) is 48.5 Å². The van der Waals surface area contributed by atoms with Crippen LogP contribution in [0.2, 0.25) is 0 Å². The van der Waals surface area contributed by atoms with Crippen molar-refractivity contribution in [1.82, 2.24) is 30.0 Å². The normalized spacial score (nSPS) is 12.3. The maximum atomic E-state index is 4.15. The molecule has 0 saturated heterocycles. The van der Waals surface area contributed by atoms with Crippen LogP contribution in [0, 0.1) is 0 Å². The summed E-state index contributed by atoms with van der Waals surface area (Å²) in [5.74, 6) is 0. The zero-order chi connectivity index (χ0) is 13.9. The number of hydrogen-bond donors (Lipinski definition) is 1. The Bertz CT molecular complexity index is 686. The van der Waals surface area contributed by atoms with Gasteiger partial charge in [0.1, 0.15) is 6.33 Å². The third-order valence-corrected chi connectivity index (χ3v) is 3.07. The van der Waals surface area contributed by atoms with Crippen molar-refractivity contribution in [2.75, 3.05) is 5.32 Å². The van der Waals surface area contributed by atoms with Gasteiger partial charge in [-0.1, -0.05) is 12.1 Å². The first-order valence-electron chi connectivity index (χ1n) is 6.31. The van der Waals surface area contributed by atoms with Gasteiger partial charge < -0.3 is 5.32 Å². The molecule has 0 amide bonds. The molecule has 1 aromatic carbocycles. The first kappa shape index (κ1) is 12.3. The molecule has 102 valence electrons. The molecule has 3 rings (SSSR count). The summed E-state index contributed by atoms with van der Waals surface area (Å²) in [6.07, 6.45) is 5.34. The molecule has 0 radical (unpaired) electrons. The molecule has 1 unspecified atom stereocenters. The molecular weight excluding hydrogens is 254 g/mol. The Labute approximate surface area is 116 Å². The number of aryl methyl sites for hydroxylation is 1. The van der Waals surface area contributed by atoms with Gasteiger partial charge in [-0.3, -0.25) is 4.68 Å². The Morgan fingerprint density at radius 3 is 2.90 bits per heavy atom. The summed E-state index contributed by atoms with van der Waals surface area (Å²) in [7, 11) is 1.90. The van der Waals surface area contributed by atoms with E-state index < -0.39 is 0 Å². The fraction of sp³-hybridized carbons (Fsp3) is 0.231. The van der Waals surface area contributed by atoms with E-state index in [0.29, 0.717) is 0 Å². The number of nitrogens with one attached hydrogen (secondary N) is 1. The van der Waals surface area contributed by atoms with Crippen molar-refractivity contribution >= 4 is 5.69 Å². The van der Waals surface area contributed by atoms with Crippen molar-refractivity contribution in [2.45, 2.75) is 13.0 Å². The minimum absolute atomic E-state index is 0.163. The number of aromatic nitrogens is 6. The Hall–Kier alpha value is -2.70. The Morgan fingerprint density at radius 2 is 2.20 bits per heavy atom. The minimum Gasteiger partial charge on any atom is -0.376 e. The molecule has 3 aromatic rings. The molecule has 7 nitrogen and oxygen atoms in total. The van der Waals surface area contributed by atoms with Gasteiger partial charge in [-0.25, -0.2) is 4.68 Å². The molecule has 2 heterocycles. The van der Waals surface area contributed by atoms with Crippen molar-refractivity contribution in [1.29, 1.82) is 0 Å². The summed E-state index contributed by atoms with van der Waals surface area (Å²) in [5.41, 5.74) is 3.09. The highest BCUT2D eigenvalue weighted by Crippen LogP contribution is 2.20. The molecule has 1 N–H and O–H groups in total. The lowest BCUT2D eigenvalue weighted by atomic mass is 10.1. The van der Waals surface area contributed by atoms with Gasteiger partial charge in [-0.15, -0.1) is 5.10 Å². The van der Waals surface area contributed by atoms with Crippen LogP contribution in [0.25, 0.3) is 5.69 Å². The van der Waals surface area contributed by atoms with Crippen LogP contribution in [0.5, 0.6) is 0 Å². The van der Waals surface area contributed by atoms with Crippen LogP contribution < -0.4 is 5.32 Å². The number of anilines is 1. The fourth-order valence-electron chi connectivity index (χ4n) is 2.05. The fourth-order valence-corrected chi connectivity index (χ4v) is 2.05. The van der Waals surface area contributed by atoms with Crippen molar-refractivity contribution in [2.24, 2.45) is 7.05 Å². The first-order valence-corrected chi connectivity index (χ1v) is 6.31. The van der Waals surface area contributed by atoms with Crippen LogP contribution in [0.4, 0.5) is 5.69 Å². The van der Waals surface area contributed by atoms with Gasteiger partial charge in [0.25, 0.3) is 0 Å². The summed E-state index contributed by atoms with van der Waals surface area (Å²) in [4.78, 5) is 0. The van der Waals surface area contributed by atoms with Gasteiger partial charge in [0.05, 0.1) is 17.6 Å². The van der Waals surface area contributed by atoms with Gasteiger partial charge in [0, 0.05) is 19.3 Å². The maximum absolute atomic E-state index is 4.15. The quantitative estimate of drug-likeness (QED) is 0.778. The molecule has 0 aliphatic carbocycles. The zero-order valence-electron chi connectivity index (χ0n) is 11.3. The van der Waals surface area contributed by atoms with Gasteiger partial charge in [-0.05, 0) is 35.0 Å². The standard InChI is InChI=1S/C13H15N7/c1-10(16-12-7-15-19(2)8-12)11-4-3-5-13(6-11)20-9-14-17-18-20/h3-10,16H,1-2H3. The Morgan fingerprint density at radius 1 is 1.30 bits per heavy atom. The molecule has 1 atom stereocenters. The van der Waals surface area contributed by atoms with E-state index in [1.807, 2.05) is 31.6 Å². The second-order valence-electron chi connectivity index (χ2n) is 4.62. The van der Waals surface area contributed by atoms with Crippen LogP contribution in [0.15, 0.2) is 43.0 Å². The van der Waals surface area contributed by atoms with E-state index in [4.69, 9.17) is 0 Å². The lowest BCUT2D eigenvalue weighted by molar-refractivity contribution is 0.767. The number of rotatable bonds is 4. The Kier molecular flexibility index (Phi) is 3.16. The SMILES string of the molecule is CC(Nc1cnn(C)c1)c1cccc(-n2cnnn2)c1. The van der Waals surface area contributed by atoms with Gasteiger partial charge in [0.15, 0.2) is 0 Å². The predicted molar refractivity (Wildman–Crippen MR) is 74.4 cm³/mol. The average Bonchev–Trinajstić information content (AvgIpc) is 3.11. The van der Waals surface area contributed by atoms with Gasteiger partial charge in [0.2, 0.25) is 0 Å². The van der Waals surface area contributed by atoms with Crippen LogP contribution >= 0.6 is 0 Å². The maximum Gasteiger partial charge on any atom is 0.143 e. The Balaban J connectivity index is 1.81. The minimum atomic E-state index is 0.163. The van der Waals surface area contributed by atoms with Crippen molar-refractivity contribution in [3.63, 3.8) is 0 Å². The topological polar surface area (TPSA) is 73.5 Å². The number of nitrogens with zero attached hydrogens (tertiary/aromatic N) is 6. The van der Waals surface area contributed by atoms with E-state index >= 15 is 0 Å². The third kappa shape index (κ3) is 2.51. The third-order valence-electron chi connectivity index (χ3n) is 3.07.